The fourth-order valence-electron chi connectivity index (χ4n) is 1.29. The average molecular weight is 304 g/mol. The number of fused-ring (bicyclic) bond motifs is 1. The number of furan rings is 1. The van der Waals surface area contributed by atoms with Crippen molar-refractivity contribution in [2.45, 2.75) is 13.3 Å². The highest BCUT2D eigenvalue weighted by Gasteiger charge is 2.06. The van der Waals surface area contributed by atoms with Gasteiger partial charge in [-0.15, -0.1) is 0 Å². The third-order valence-electron chi connectivity index (χ3n) is 1.95. The monoisotopic (exact) mass is 302 g/mol. The first-order chi connectivity index (χ1) is 6.20. The van der Waals surface area contributed by atoms with Crippen LogP contribution in [0.3, 0.4) is 0 Å². The van der Waals surface area contributed by atoms with Crippen LogP contribution < -0.4 is 0 Å². The molecule has 0 saturated heterocycles. The third-order valence-corrected chi connectivity index (χ3v) is 3.07. The molecule has 13 heavy (non-hydrogen) atoms. The summed E-state index contributed by atoms with van der Waals surface area (Å²) in [4.78, 5) is 0. The maximum atomic E-state index is 5.62. The van der Waals surface area contributed by atoms with Crippen LogP contribution in [0.1, 0.15) is 12.7 Å². The van der Waals surface area contributed by atoms with Gasteiger partial charge in [-0.25, -0.2) is 0 Å². The molecule has 0 aliphatic heterocycles. The second-order valence-corrected chi connectivity index (χ2v) is 4.64. The summed E-state index contributed by atoms with van der Waals surface area (Å²) in [6.45, 7) is 2.08. The van der Waals surface area contributed by atoms with Crippen LogP contribution in [0.15, 0.2) is 31.6 Å². The second kappa shape index (κ2) is 3.46. The first-order valence-electron chi connectivity index (χ1n) is 4.08. The molecular weight excluding hydrogens is 296 g/mol. The van der Waals surface area contributed by atoms with Crippen molar-refractivity contribution in [3.63, 3.8) is 0 Å². The zero-order valence-electron chi connectivity index (χ0n) is 7.10. The molecule has 1 nitrogen and oxygen atoms in total. The van der Waals surface area contributed by atoms with Gasteiger partial charge < -0.3 is 4.42 Å². The Labute approximate surface area is 93.4 Å². The molecule has 0 aliphatic carbocycles. The Morgan fingerprint density at radius 2 is 2.00 bits per heavy atom. The number of hydrogen-bond acceptors (Lipinski definition) is 1. The minimum atomic E-state index is 0.929. The summed E-state index contributed by atoms with van der Waals surface area (Å²) >= 11 is 6.92. The first-order valence-corrected chi connectivity index (χ1v) is 5.66. The number of benzene rings is 1. The van der Waals surface area contributed by atoms with Crippen LogP contribution in [0.4, 0.5) is 0 Å². The van der Waals surface area contributed by atoms with Crippen LogP contribution >= 0.6 is 31.9 Å². The highest BCUT2D eigenvalue weighted by Crippen LogP contribution is 2.30. The van der Waals surface area contributed by atoms with E-state index in [2.05, 4.69) is 44.8 Å². The normalized spacial score (nSPS) is 11.0. The molecule has 2 rings (SSSR count). The Morgan fingerprint density at radius 1 is 1.23 bits per heavy atom. The Hall–Kier alpha value is -0.280. The molecule has 0 saturated carbocycles. The van der Waals surface area contributed by atoms with Crippen LogP contribution in [0.25, 0.3) is 11.0 Å². The van der Waals surface area contributed by atoms with E-state index in [9.17, 15) is 0 Å². The van der Waals surface area contributed by atoms with Crippen molar-refractivity contribution in [3.8, 4) is 0 Å². The summed E-state index contributed by atoms with van der Waals surface area (Å²) in [5.74, 6) is 1.02. The van der Waals surface area contributed by atoms with Crippen molar-refractivity contribution in [1.29, 1.82) is 0 Å². The summed E-state index contributed by atoms with van der Waals surface area (Å²) in [6.07, 6.45) is 0.929. The third kappa shape index (κ3) is 1.67. The zero-order chi connectivity index (χ0) is 9.42. The van der Waals surface area contributed by atoms with E-state index < -0.39 is 0 Å². The average Bonchev–Trinajstić information content (AvgIpc) is 2.47. The van der Waals surface area contributed by atoms with Gasteiger partial charge in [0.2, 0.25) is 0 Å². The van der Waals surface area contributed by atoms with E-state index in [-0.39, 0.29) is 0 Å². The van der Waals surface area contributed by atoms with Gasteiger partial charge in [0.15, 0.2) is 0 Å². The van der Waals surface area contributed by atoms with Gasteiger partial charge in [0.1, 0.15) is 11.3 Å². The van der Waals surface area contributed by atoms with Gasteiger partial charge in [-0.2, -0.15) is 0 Å². The number of halogens is 2. The van der Waals surface area contributed by atoms with Gasteiger partial charge in [0, 0.05) is 20.8 Å². The Morgan fingerprint density at radius 3 is 2.69 bits per heavy atom. The van der Waals surface area contributed by atoms with Gasteiger partial charge in [-0.1, -0.05) is 22.9 Å². The van der Waals surface area contributed by atoms with Crippen LogP contribution in [0.2, 0.25) is 0 Å². The van der Waals surface area contributed by atoms with Crippen molar-refractivity contribution in [3.05, 3.63) is 32.9 Å². The van der Waals surface area contributed by atoms with Crippen LogP contribution in [0.5, 0.6) is 0 Å². The molecule has 0 atom stereocenters. The molecule has 0 aliphatic rings. The van der Waals surface area contributed by atoms with Crippen molar-refractivity contribution in [2.75, 3.05) is 0 Å². The largest absolute Gasteiger partial charge is 0.461 e. The van der Waals surface area contributed by atoms with E-state index >= 15 is 0 Å². The second-order valence-electron chi connectivity index (χ2n) is 2.87. The molecule has 0 radical (unpaired) electrons. The van der Waals surface area contributed by atoms with Crippen LogP contribution in [-0.2, 0) is 6.42 Å². The molecule has 1 aromatic carbocycles. The maximum absolute atomic E-state index is 5.62. The van der Waals surface area contributed by atoms with Gasteiger partial charge in [-0.3, -0.25) is 0 Å². The summed E-state index contributed by atoms with van der Waals surface area (Å²) in [5, 5.41) is 1.14. The van der Waals surface area contributed by atoms with E-state index in [4.69, 9.17) is 4.42 Å². The number of hydrogen-bond donors (Lipinski definition) is 0. The summed E-state index contributed by atoms with van der Waals surface area (Å²) in [5.41, 5.74) is 0.929. The minimum absolute atomic E-state index is 0.929. The molecule has 0 spiro atoms. The standard InChI is InChI=1S/C10H8Br2O/c1-2-7-5-8-9(12)3-6(11)4-10(8)13-7/h3-5H,2H2,1H3. The quantitative estimate of drug-likeness (QED) is 0.755. The molecule has 0 amide bonds. The topological polar surface area (TPSA) is 13.1 Å². The van der Waals surface area contributed by atoms with E-state index in [0.29, 0.717) is 0 Å². The lowest BCUT2D eigenvalue weighted by atomic mass is 10.2. The smallest absolute Gasteiger partial charge is 0.136 e. The molecule has 1 heterocycles. The van der Waals surface area contributed by atoms with E-state index in [0.717, 1.165) is 32.1 Å². The SMILES string of the molecule is CCc1cc2c(Br)cc(Br)cc2o1. The van der Waals surface area contributed by atoms with Crippen molar-refractivity contribution in [1.82, 2.24) is 0 Å². The fraction of sp³-hybridized carbons (Fsp3) is 0.200. The van der Waals surface area contributed by atoms with E-state index in [1.807, 2.05) is 12.1 Å². The molecule has 0 fully saturated rings. The molecular formula is C10H8Br2O. The molecule has 3 heteroatoms. The number of rotatable bonds is 1. The van der Waals surface area contributed by atoms with E-state index in [1.165, 1.54) is 0 Å². The Kier molecular flexibility index (Phi) is 2.47. The van der Waals surface area contributed by atoms with Gasteiger partial charge >= 0.3 is 0 Å². The molecule has 2 aromatic rings. The molecule has 0 unspecified atom stereocenters. The minimum Gasteiger partial charge on any atom is -0.461 e. The fourth-order valence-corrected chi connectivity index (χ4v) is 2.59. The van der Waals surface area contributed by atoms with Crippen LogP contribution in [0, 0.1) is 0 Å². The van der Waals surface area contributed by atoms with E-state index in [1.54, 1.807) is 0 Å². The summed E-state index contributed by atoms with van der Waals surface area (Å²) in [6, 6.07) is 6.09. The molecule has 0 N–H and O–H groups in total. The zero-order valence-corrected chi connectivity index (χ0v) is 10.3. The first kappa shape index (κ1) is 9.28. The predicted molar refractivity (Wildman–Crippen MR) is 61.0 cm³/mol. The highest BCUT2D eigenvalue weighted by atomic mass is 79.9. The highest BCUT2D eigenvalue weighted by molar-refractivity contribution is 9.11. The lowest BCUT2D eigenvalue weighted by Crippen LogP contribution is -1.68. The Balaban J connectivity index is 2.75. The van der Waals surface area contributed by atoms with Crippen molar-refractivity contribution in [2.24, 2.45) is 0 Å². The predicted octanol–water partition coefficient (Wildman–Crippen LogP) is 4.52. The Bertz CT molecular complexity index is 445. The molecule has 0 bridgehead atoms. The summed E-state index contributed by atoms with van der Waals surface area (Å²) < 4.78 is 7.72. The molecule has 1 aromatic heterocycles. The number of aryl methyl sites for hydroxylation is 1. The van der Waals surface area contributed by atoms with Crippen LogP contribution in [-0.4, -0.2) is 0 Å². The van der Waals surface area contributed by atoms with Crippen molar-refractivity contribution >= 4 is 42.8 Å². The van der Waals surface area contributed by atoms with Crippen molar-refractivity contribution < 1.29 is 4.42 Å². The van der Waals surface area contributed by atoms with Gasteiger partial charge in [0.25, 0.3) is 0 Å². The lowest BCUT2D eigenvalue weighted by molar-refractivity contribution is 0.557. The lowest BCUT2D eigenvalue weighted by Gasteiger charge is -1.93. The van der Waals surface area contributed by atoms with Gasteiger partial charge in [-0.05, 0) is 34.1 Å². The summed E-state index contributed by atoms with van der Waals surface area (Å²) in [7, 11) is 0. The maximum Gasteiger partial charge on any atom is 0.136 e. The molecule has 68 valence electrons. The van der Waals surface area contributed by atoms with Gasteiger partial charge in [0.05, 0.1) is 0 Å².